The lowest BCUT2D eigenvalue weighted by atomic mass is 10.2. The minimum Gasteiger partial charge on any atom is -0.346 e. The molecule has 0 unspecified atom stereocenters. The van der Waals surface area contributed by atoms with Crippen LogP contribution in [0.3, 0.4) is 0 Å². The first-order chi connectivity index (χ1) is 11.5. The fourth-order valence-electron chi connectivity index (χ4n) is 2.37. The maximum atomic E-state index is 12.9. The number of halogens is 2. The molecule has 0 saturated carbocycles. The topological polar surface area (TPSA) is 64.0 Å². The van der Waals surface area contributed by atoms with Crippen LogP contribution in [0.5, 0.6) is 0 Å². The van der Waals surface area contributed by atoms with Gasteiger partial charge in [-0.2, -0.15) is 5.10 Å². The number of nitrogens with one attached hydrogen (secondary N) is 1. The van der Waals surface area contributed by atoms with Crippen LogP contribution in [0.25, 0.3) is 10.9 Å². The molecule has 0 atom stereocenters. The summed E-state index contributed by atoms with van der Waals surface area (Å²) in [7, 11) is 1.65. The van der Waals surface area contributed by atoms with Crippen molar-refractivity contribution in [2.24, 2.45) is 7.05 Å². The van der Waals surface area contributed by atoms with Crippen LogP contribution in [0.4, 0.5) is 4.39 Å². The average molecular weight is 346 g/mol. The molecule has 24 heavy (non-hydrogen) atoms. The summed E-state index contributed by atoms with van der Waals surface area (Å²) in [5.74, 6) is -0.950. The van der Waals surface area contributed by atoms with E-state index in [-0.39, 0.29) is 18.1 Å². The zero-order chi connectivity index (χ0) is 17.3. The van der Waals surface area contributed by atoms with Crippen LogP contribution in [-0.4, -0.2) is 15.7 Å². The van der Waals surface area contributed by atoms with Gasteiger partial charge in [0.25, 0.3) is 5.91 Å². The highest BCUT2D eigenvalue weighted by Gasteiger charge is 2.16. The van der Waals surface area contributed by atoms with Gasteiger partial charge in [0.1, 0.15) is 5.82 Å². The van der Waals surface area contributed by atoms with Gasteiger partial charge in [-0.05, 0) is 35.9 Å². The molecule has 7 heteroatoms. The molecule has 1 heterocycles. The third kappa shape index (κ3) is 3.14. The summed E-state index contributed by atoms with van der Waals surface area (Å²) in [6.07, 6.45) is 0. The molecule has 3 rings (SSSR count). The zero-order valence-corrected chi connectivity index (χ0v) is 13.5. The van der Waals surface area contributed by atoms with E-state index in [1.807, 2.05) is 0 Å². The van der Waals surface area contributed by atoms with Gasteiger partial charge in [-0.15, -0.1) is 0 Å². The molecule has 1 aromatic heterocycles. The van der Waals surface area contributed by atoms with Gasteiger partial charge in [0.2, 0.25) is 5.43 Å². The Morgan fingerprint density at radius 2 is 1.96 bits per heavy atom. The van der Waals surface area contributed by atoms with Crippen molar-refractivity contribution in [2.45, 2.75) is 6.54 Å². The van der Waals surface area contributed by atoms with Crippen LogP contribution < -0.4 is 10.7 Å². The molecule has 0 aliphatic rings. The molecule has 0 aliphatic heterocycles. The predicted octanol–water partition coefficient (Wildman–Crippen LogP) is 2.66. The summed E-state index contributed by atoms with van der Waals surface area (Å²) in [6, 6.07) is 10.6. The molecule has 3 aromatic rings. The van der Waals surface area contributed by atoms with Crippen LogP contribution in [0.1, 0.15) is 16.1 Å². The first kappa shape index (κ1) is 16.1. The van der Waals surface area contributed by atoms with Crippen molar-refractivity contribution < 1.29 is 9.18 Å². The highest BCUT2D eigenvalue weighted by molar-refractivity contribution is 6.31. The maximum absolute atomic E-state index is 12.9. The average Bonchev–Trinajstić information content (AvgIpc) is 2.57. The molecular formula is C17H13ClFN3O2. The third-order valence-corrected chi connectivity index (χ3v) is 3.83. The van der Waals surface area contributed by atoms with Crippen LogP contribution in [0.15, 0.2) is 47.3 Å². The summed E-state index contributed by atoms with van der Waals surface area (Å²) >= 11 is 5.93. The third-order valence-electron chi connectivity index (χ3n) is 3.60. The molecule has 0 aliphatic carbocycles. The number of nitrogens with zero attached hydrogens (tertiary/aromatic N) is 2. The quantitative estimate of drug-likeness (QED) is 0.793. The van der Waals surface area contributed by atoms with Crippen molar-refractivity contribution in [1.29, 1.82) is 0 Å². The van der Waals surface area contributed by atoms with Crippen LogP contribution >= 0.6 is 11.6 Å². The van der Waals surface area contributed by atoms with Gasteiger partial charge in [0, 0.05) is 18.6 Å². The Labute approximate surface area is 141 Å². The molecule has 2 aromatic carbocycles. The molecule has 0 spiro atoms. The summed E-state index contributed by atoms with van der Waals surface area (Å²) < 4.78 is 14.3. The number of hydrogen-bond donors (Lipinski definition) is 1. The summed E-state index contributed by atoms with van der Waals surface area (Å²) in [4.78, 5) is 24.8. The zero-order valence-electron chi connectivity index (χ0n) is 12.7. The van der Waals surface area contributed by atoms with Gasteiger partial charge in [0.15, 0.2) is 5.69 Å². The van der Waals surface area contributed by atoms with Crippen LogP contribution in [0.2, 0.25) is 5.02 Å². The number of aromatic nitrogens is 2. The lowest BCUT2D eigenvalue weighted by Gasteiger charge is -2.09. The first-order valence-electron chi connectivity index (χ1n) is 7.15. The van der Waals surface area contributed by atoms with Crippen LogP contribution in [0, 0.1) is 5.82 Å². The number of carbonyl (C=O) groups excluding carboxylic acids is 1. The van der Waals surface area contributed by atoms with Gasteiger partial charge < -0.3 is 5.32 Å². The van der Waals surface area contributed by atoms with E-state index in [2.05, 4.69) is 10.4 Å². The number of rotatable bonds is 3. The van der Waals surface area contributed by atoms with Crippen molar-refractivity contribution in [1.82, 2.24) is 15.1 Å². The Kier molecular flexibility index (Phi) is 4.31. The van der Waals surface area contributed by atoms with Gasteiger partial charge in [-0.3, -0.25) is 14.3 Å². The number of fused-ring (bicyclic) bond motifs is 1. The van der Waals surface area contributed by atoms with Crippen molar-refractivity contribution in [3.8, 4) is 0 Å². The molecular weight excluding hydrogens is 333 g/mol. The highest BCUT2D eigenvalue weighted by Crippen LogP contribution is 2.15. The number of carbonyl (C=O) groups is 1. The summed E-state index contributed by atoms with van der Waals surface area (Å²) in [5, 5.41) is 7.39. The maximum Gasteiger partial charge on any atom is 0.276 e. The van der Waals surface area contributed by atoms with Gasteiger partial charge in [-0.1, -0.05) is 23.7 Å². The second-order valence-corrected chi connectivity index (χ2v) is 5.71. The molecule has 0 saturated heterocycles. The number of aryl methyl sites for hydroxylation is 1. The smallest absolute Gasteiger partial charge is 0.276 e. The number of hydrogen-bond acceptors (Lipinski definition) is 3. The Bertz CT molecular complexity index is 984. The van der Waals surface area contributed by atoms with Gasteiger partial charge in [0.05, 0.1) is 10.9 Å². The molecule has 0 bridgehead atoms. The molecule has 0 fully saturated rings. The Hall–Kier alpha value is -2.73. The van der Waals surface area contributed by atoms with E-state index >= 15 is 0 Å². The van der Waals surface area contributed by atoms with Crippen molar-refractivity contribution in [3.05, 3.63) is 74.8 Å². The lowest BCUT2D eigenvalue weighted by molar-refractivity contribution is 0.0943. The monoisotopic (exact) mass is 345 g/mol. The Morgan fingerprint density at radius 1 is 1.25 bits per heavy atom. The minimum absolute atomic E-state index is 0.164. The molecule has 1 amide bonds. The van der Waals surface area contributed by atoms with E-state index in [0.29, 0.717) is 21.5 Å². The normalized spacial score (nSPS) is 10.8. The molecule has 122 valence electrons. The number of amides is 1. The fourth-order valence-corrected chi connectivity index (χ4v) is 2.54. The van der Waals surface area contributed by atoms with Gasteiger partial charge >= 0.3 is 0 Å². The molecule has 1 N–H and O–H groups in total. The lowest BCUT2D eigenvalue weighted by Crippen LogP contribution is -2.31. The van der Waals surface area contributed by atoms with E-state index < -0.39 is 11.3 Å². The fraction of sp³-hybridized carbons (Fsp3) is 0.118. The predicted molar refractivity (Wildman–Crippen MR) is 89.6 cm³/mol. The van der Waals surface area contributed by atoms with E-state index in [1.54, 1.807) is 31.3 Å². The van der Waals surface area contributed by atoms with E-state index in [1.165, 1.54) is 22.9 Å². The van der Waals surface area contributed by atoms with Crippen molar-refractivity contribution >= 4 is 28.4 Å². The number of benzene rings is 2. The minimum atomic E-state index is -0.596. The highest BCUT2D eigenvalue weighted by atomic mass is 35.5. The summed E-state index contributed by atoms with van der Waals surface area (Å²) in [6.45, 7) is 0.164. The van der Waals surface area contributed by atoms with E-state index in [4.69, 9.17) is 11.6 Å². The SMILES string of the molecule is Cn1nc(C(=O)NCc2ccc(F)cc2)c(=O)c2cc(Cl)ccc21. The second-order valence-electron chi connectivity index (χ2n) is 5.27. The Morgan fingerprint density at radius 3 is 2.67 bits per heavy atom. The Balaban J connectivity index is 1.91. The molecule has 0 radical (unpaired) electrons. The van der Waals surface area contributed by atoms with Crippen LogP contribution in [-0.2, 0) is 13.6 Å². The van der Waals surface area contributed by atoms with E-state index in [0.717, 1.165) is 0 Å². The van der Waals surface area contributed by atoms with Gasteiger partial charge in [-0.25, -0.2) is 4.39 Å². The van der Waals surface area contributed by atoms with Crippen molar-refractivity contribution in [3.63, 3.8) is 0 Å². The summed E-state index contributed by atoms with van der Waals surface area (Å²) in [5.41, 5.74) is 0.599. The van der Waals surface area contributed by atoms with E-state index in [9.17, 15) is 14.0 Å². The largest absolute Gasteiger partial charge is 0.346 e. The second kappa shape index (κ2) is 6.41. The standard InChI is InChI=1S/C17H13ClFN3O2/c1-22-14-7-4-11(18)8-13(14)16(23)15(21-22)17(24)20-9-10-2-5-12(19)6-3-10/h2-8H,9H2,1H3,(H,20,24). The molecule has 5 nitrogen and oxygen atoms in total. The first-order valence-corrected chi connectivity index (χ1v) is 7.53. The van der Waals surface area contributed by atoms with Crippen molar-refractivity contribution in [2.75, 3.05) is 0 Å².